The molecule has 1 fully saturated rings. The predicted molar refractivity (Wildman–Crippen MR) is 115 cm³/mol. The van der Waals surface area contributed by atoms with Crippen LogP contribution in [-0.2, 0) is 6.42 Å². The van der Waals surface area contributed by atoms with Crippen molar-refractivity contribution in [2.75, 3.05) is 33.4 Å². The average molecular weight is 404 g/mol. The Labute approximate surface area is 174 Å². The summed E-state index contributed by atoms with van der Waals surface area (Å²) < 4.78 is 11.3. The van der Waals surface area contributed by atoms with Gasteiger partial charge >= 0.3 is 0 Å². The molecule has 0 atom stereocenters. The molecule has 0 aromatic heterocycles. The number of Topliss-reactive ketones (excluding diaryl/α,β-unsaturated/α-hetero) is 1. The molecule has 1 aliphatic rings. The molecule has 0 amide bonds. The summed E-state index contributed by atoms with van der Waals surface area (Å²) in [4.78, 5) is 14.0. The molecule has 28 heavy (non-hydrogen) atoms. The zero-order valence-corrected chi connectivity index (χ0v) is 17.5. The molecule has 4 nitrogen and oxygen atoms in total. The number of likely N-dealkylation sites (tertiary alicyclic amines) is 1. The van der Waals surface area contributed by atoms with Crippen LogP contribution in [0.25, 0.3) is 0 Å². The highest BCUT2D eigenvalue weighted by atomic mass is 35.5. The summed E-state index contributed by atoms with van der Waals surface area (Å²) >= 11 is 0. The van der Waals surface area contributed by atoms with Crippen molar-refractivity contribution in [3.63, 3.8) is 0 Å². The van der Waals surface area contributed by atoms with Crippen molar-refractivity contribution in [1.82, 2.24) is 4.90 Å². The summed E-state index contributed by atoms with van der Waals surface area (Å²) in [7, 11) is 1.60. The van der Waals surface area contributed by atoms with Gasteiger partial charge in [-0.1, -0.05) is 30.3 Å². The number of nitrogens with zero attached hydrogens (tertiary/aromatic N) is 1. The van der Waals surface area contributed by atoms with Crippen LogP contribution in [0.15, 0.2) is 48.5 Å². The minimum Gasteiger partial charge on any atom is -0.493 e. The van der Waals surface area contributed by atoms with Gasteiger partial charge in [0.15, 0.2) is 17.3 Å². The predicted octanol–water partition coefficient (Wildman–Crippen LogP) is 4.65. The normalized spacial score (nSPS) is 14.9. The fourth-order valence-corrected chi connectivity index (χ4v) is 3.65. The van der Waals surface area contributed by atoms with Crippen LogP contribution in [-0.4, -0.2) is 44.0 Å². The van der Waals surface area contributed by atoms with Crippen LogP contribution in [0, 0.1) is 5.92 Å². The number of ether oxygens (including phenoxy) is 2. The van der Waals surface area contributed by atoms with Crippen molar-refractivity contribution >= 4 is 18.2 Å². The maximum atomic E-state index is 11.5. The van der Waals surface area contributed by atoms with Gasteiger partial charge in [-0.3, -0.25) is 9.69 Å². The first-order valence-electron chi connectivity index (χ1n) is 9.73. The standard InChI is InChI=1S/C23H29NO3.ClH/c1-18(25)21-8-9-22(23(17-21)26-2)27-15-14-24-12-10-20(11-13-24)16-19-6-4-3-5-7-19;/h3-9,17,20H,10-16H2,1-2H3;1H. The number of hydrogen-bond acceptors (Lipinski definition) is 4. The lowest BCUT2D eigenvalue weighted by Gasteiger charge is -2.32. The molecular weight excluding hydrogens is 374 g/mol. The number of carbonyl (C=O) groups excluding carboxylic acids is 1. The van der Waals surface area contributed by atoms with E-state index in [-0.39, 0.29) is 18.2 Å². The molecule has 5 heteroatoms. The Balaban J connectivity index is 0.00000280. The van der Waals surface area contributed by atoms with E-state index in [1.54, 1.807) is 26.2 Å². The summed E-state index contributed by atoms with van der Waals surface area (Å²) in [6.07, 6.45) is 3.67. The Hall–Kier alpha value is -2.04. The highest BCUT2D eigenvalue weighted by Gasteiger charge is 2.19. The highest BCUT2D eigenvalue weighted by Crippen LogP contribution is 2.28. The fraction of sp³-hybridized carbons (Fsp3) is 0.435. The third-order valence-corrected chi connectivity index (χ3v) is 5.31. The van der Waals surface area contributed by atoms with Gasteiger partial charge in [-0.2, -0.15) is 0 Å². The zero-order valence-electron chi connectivity index (χ0n) is 16.7. The van der Waals surface area contributed by atoms with Gasteiger partial charge < -0.3 is 9.47 Å². The van der Waals surface area contributed by atoms with Crippen LogP contribution in [0.2, 0.25) is 0 Å². The number of methoxy groups -OCH3 is 1. The summed E-state index contributed by atoms with van der Waals surface area (Å²) in [6, 6.07) is 16.1. The number of piperidine rings is 1. The summed E-state index contributed by atoms with van der Waals surface area (Å²) in [5.74, 6) is 2.12. The van der Waals surface area contributed by atoms with Crippen LogP contribution in [0.1, 0.15) is 35.7 Å². The Morgan fingerprint density at radius 3 is 2.43 bits per heavy atom. The topological polar surface area (TPSA) is 38.8 Å². The third-order valence-electron chi connectivity index (χ3n) is 5.31. The first kappa shape index (κ1) is 22.3. The van der Waals surface area contributed by atoms with Gasteiger partial charge in [0.2, 0.25) is 0 Å². The van der Waals surface area contributed by atoms with Crippen molar-refractivity contribution in [2.24, 2.45) is 5.92 Å². The van der Waals surface area contributed by atoms with Crippen molar-refractivity contribution in [3.8, 4) is 11.5 Å². The van der Waals surface area contributed by atoms with Crippen LogP contribution in [0.5, 0.6) is 11.5 Å². The molecule has 152 valence electrons. The first-order chi connectivity index (χ1) is 13.2. The van der Waals surface area contributed by atoms with E-state index < -0.39 is 0 Å². The fourth-order valence-electron chi connectivity index (χ4n) is 3.65. The smallest absolute Gasteiger partial charge is 0.161 e. The monoisotopic (exact) mass is 403 g/mol. The Kier molecular flexibility index (Phi) is 8.81. The number of rotatable bonds is 8. The number of benzene rings is 2. The lowest BCUT2D eigenvalue weighted by molar-refractivity contribution is 0.101. The minimum absolute atomic E-state index is 0. The largest absolute Gasteiger partial charge is 0.493 e. The second kappa shape index (κ2) is 11.1. The van der Waals surface area contributed by atoms with Crippen LogP contribution < -0.4 is 9.47 Å². The quantitative estimate of drug-likeness (QED) is 0.601. The van der Waals surface area contributed by atoms with Gasteiger partial charge in [0.05, 0.1) is 7.11 Å². The number of ketones is 1. The average Bonchev–Trinajstić information content (AvgIpc) is 2.70. The molecule has 0 radical (unpaired) electrons. The second-order valence-electron chi connectivity index (χ2n) is 7.25. The Morgan fingerprint density at radius 1 is 1.07 bits per heavy atom. The lowest BCUT2D eigenvalue weighted by atomic mass is 9.90. The van der Waals surface area contributed by atoms with Crippen molar-refractivity contribution in [1.29, 1.82) is 0 Å². The molecule has 1 aliphatic heterocycles. The molecule has 0 N–H and O–H groups in total. The maximum absolute atomic E-state index is 11.5. The molecule has 3 rings (SSSR count). The number of carbonyl (C=O) groups is 1. The SMILES string of the molecule is COc1cc(C(C)=O)ccc1OCCN1CCC(Cc2ccccc2)CC1.Cl. The molecule has 0 spiro atoms. The van der Waals surface area contributed by atoms with Crippen LogP contribution in [0.4, 0.5) is 0 Å². The summed E-state index contributed by atoms with van der Waals surface area (Å²) in [5, 5.41) is 0. The molecule has 2 aromatic carbocycles. The van der Waals surface area contributed by atoms with Gasteiger partial charge in [-0.05, 0) is 69.0 Å². The molecular formula is C23H30ClNO3. The van der Waals surface area contributed by atoms with E-state index in [0.717, 1.165) is 25.6 Å². The Morgan fingerprint density at radius 2 is 1.79 bits per heavy atom. The van der Waals surface area contributed by atoms with Gasteiger partial charge in [-0.15, -0.1) is 12.4 Å². The molecule has 0 unspecified atom stereocenters. The summed E-state index contributed by atoms with van der Waals surface area (Å²) in [6.45, 7) is 5.34. The maximum Gasteiger partial charge on any atom is 0.161 e. The van der Waals surface area contributed by atoms with E-state index in [9.17, 15) is 4.79 Å². The van der Waals surface area contributed by atoms with E-state index in [0.29, 0.717) is 23.7 Å². The van der Waals surface area contributed by atoms with Gasteiger partial charge in [0.25, 0.3) is 0 Å². The third kappa shape index (κ3) is 6.25. The van der Waals surface area contributed by atoms with Crippen LogP contribution >= 0.6 is 12.4 Å². The van der Waals surface area contributed by atoms with Crippen molar-refractivity contribution in [3.05, 3.63) is 59.7 Å². The van der Waals surface area contributed by atoms with E-state index in [4.69, 9.17) is 9.47 Å². The molecule has 2 aromatic rings. The second-order valence-corrected chi connectivity index (χ2v) is 7.25. The van der Waals surface area contributed by atoms with E-state index in [1.165, 1.54) is 24.8 Å². The van der Waals surface area contributed by atoms with Gasteiger partial charge in [-0.25, -0.2) is 0 Å². The molecule has 0 aliphatic carbocycles. The highest BCUT2D eigenvalue weighted by molar-refractivity contribution is 5.94. The summed E-state index contributed by atoms with van der Waals surface area (Å²) in [5.41, 5.74) is 2.08. The van der Waals surface area contributed by atoms with Crippen molar-refractivity contribution in [2.45, 2.75) is 26.2 Å². The molecule has 1 heterocycles. The van der Waals surface area contributed by atoms with Crippen LogP contribution in [0.3, 0.4) is 0 Å². The van der Waals surface area contributed by atoms with Gasteiger partial charge in [0, 0.05) is 12.1 Å². The molecule has 1 saturated heterocycles. The van der Waals surface area contributed by atoms with E-state index in [1.807, 2.05) is 6.07 Å². The molecule has 0 bridgehead atoms. The molecule has 0 saturated carbocycles. The lowest BCUT2D eigenvalue weighted by Crippen LogP contribution is -2.37. The van der Waals surface area contributed by atoms with Crippen molar-refractivity contribution < 1.29 is 14.3 Å². The van der Waals surface area contributed by atoms with Gasteiger partial charge in [0.1, 0.15) is 6.61 Å². The zero-order chi connectivity index (χ0) is 19.1. The first-order valence-corrected chi connectivity index (χ1v) is 9.73. The minimum atomic E-state index is 0. The Bertz CT molecular complexity index is 743. The number of hydrogen-bond donors (Lipinski definition) is 0. The van der Waals surface area contributed by atoms with E-state index in [2.05, 4.69) is 35.2 Å². The van der Waals surface area contributed by atoms with E-state index >= 15 is 0 Å². The number of halogens is 1.